The topological polar surface area (TPSA) is 93.6 Å². The number of nitrogens with zero attached hydrogens (tertiary/aromatic N) is 2. The number of nitrogens with one attached hydrogen (secondary N) is 1. The second-order valence-corrected chi connectivity index (χ2v) is 5.16. The maximum atomic E-state index is 6.01. The monoisotopic (exact) mass is 255 g/mol. The lowest BCUT2D eigenvalue weighted by atomic mass is 10.1. The summed E-state index contributed by atoms with van der Waals surface area (Å²) in [5.74, 6) is 1.17. The van der Waals surface area contributed by atoms with Crippen molar-refractivity contribution in [3.8, 4) is 11.1 Å². The van der Waals surface area contributed by atoms with Crippen LogP contribution >= 0.6 is 11.3 Å². The van der Waals surface area contributed by atoms with Gasteiger partial charge in [-0.15, -0.1) is 11.3 Å². The molecule has 0 bridgehead atoms. The van der Waals surface area contributed by atoms with Crippen LogP contribution in [0.5, 0.6) is 0 Å². The van der Waals surface area contributed by atoms with Gasteiger partial charge in [0.2, 0.25) is 0 Å². The van der Waals surface area contributed by atoms with Gasteiger partial charge in [-0.1, -0.05) is 18.2 Å². The molecule has 0 radical (unpaired) electrons. The first-order valence-corrected chi connectivity index (χ1v) is 6.26. The molecule has 0 aromatic carbocycles. The van der Waals surface area contributed by atoms with E-state index in [-0.39, 0.29) is 0 Å². The highest BCUT2D eigenvalue weighted by Gasteiger charge is 2.18. The third kappa shape index (κ3) is 1.05. The summed E-state index contributed by atoms with van der Waals surface area (Å²) < 4.78 is 0.900. The molecule has 0 atom stereocenters. The molecule has 2 aromatic heterocycles. The summed E-state index contributed by atoms with van der Waals surface area (Å²) in [4.78, 5) is 12.6. The number of hydrogen-bond acceptors (Lipinski definition) is 5. The number of pyridine rings is 1. The fraction of sp³-hybridized carbons (Fsp3) is 0. The number of thiophene rings is 1. The summed E-state index contributed by atoms with van der Waals surface area (Å²) in [6, 6.07) is 6.03. The average Bonchev–Trinajstić information content (AvgIpc) is 2.93. The number of nitrogen functional groups attached to an aromatic ring is 2. The largest absolute Gasteiger partial charge is 0.385 e. The number of aromatic amines is 1. The lowest BCUT2D eigenvalue weighted by Gasteiger charge is -2.05. The normalized spacial score (nSPS) is 11.8. The molecule has 5 N–H and O–H groups in total. The van der Waals surface area contributed by atoms with Gasteiger partial charge < -0.3 is 16.5 Å². The molecule has 4 rings (SSSR count). The van der Waals surface area contributed by atoms with E-state index in [9.17, 15) is 0 Å². The molecule has 3 heterocycles. The van der Waals surface area contributed by atoms with Crippen LogP contribution in [0.2, 0.25) is 0 Å². The zero-order valence-electron chi connectivity index (χ0n) is 9.27. The number of fused-ring (bicyclic) bond motifs is 5. The molecule has 2 aliphatic rings. The Balaban J connectivity index is 2.34. The number of hydrogen-bond donors (Lipinski definition) is 3. The quantitative estimate of drug-likeness (QED) is 0.450. The average molecular weight is 255 g/mol. The van der Waals surface area contributed by atoms with E-state index in [0.29, 0.717) is 11.6 Å². The van der Waals surface area contributed by atoms with Crippen molar-refractivity contribution >= 4 is 43.4 Å². The van der Waals surface area contributed by atoms with Crippen molar-refractivity contribution in [1.82, 2.24) is 15.0 Å². The SMILES string of the molecule is Nc1[nH]c2sc3c(N)ncnc3c2c2cccc1-2. The van der Waals surface area contributed by atoms with Crippen LogP contribution in [0.15, 0.2) is 24.5 Å². The highest BCUT2D eigenvalue weighted by atomic mass is 32.1. The third-order valence-corrected chi connectivity index (χ3v) is 4.24. The molecule has 5 nitrogen and oxygen atoms in total. The van der Waals surface area contributed by atoms with E-state index < -0.39 is 0 Å². The summed E-state index contributed by atoms with van der Waals surface area (Å²) in [6.07, 6.45) is 1.49. The third-order valence-electron chi connectivity index (χ3n) is 3.12. The Morgan fingerprint density at radius 2 is 1.94 bits per heavy atom. The predicted molar refractivity (Wildman–Crippen MR) is 74.7 cm³/mol. The molecule has 18 heavy (non-hydrogen) atoms. The van der Waals surface area contributed by atoms with Crippen LogP contribution in [0, 0.1) is 0 Å². The molecule has 0 saturated heterocycles. The van der Waals surface area contributed by atoms with Crippen LogP contribution in [0.1, 0.15) is 0 Å². The minimum Gasteiger partial charge on any atom is -0.385 e. The maximum absolute atomic E-state index is 6.01. The van der Waals surface area contributed by atoms with E-state index in [1.165, 1.54) is 17.7 Å². The minimum absolute atomic E-state index is 0.507. The molecule has 0 unspecified atom stereocenters. The number of rotatable bonds is 0. The van der Waals surface area contributed by atoms with Crippen LogP contribution in [-0.2, 0) is 0 Å². The van der Waals surface area contributed by atoms with E-state index in [1.54, 1.807) is 0 Å². The lowest BCUT2D eigenvalue weighted by molar-refractivity contribution is 1.24. The molecule has 6 heteroatoms. The molecule has 1 aliphatic heterocycles. The van der Waals surface area contributed by atoms with Crippen LogP contribution < -0.4 is 11.5 Å². The van der Waals surface area contributed by atoms with Gasteiger partial charge in [0.15, 0.2) is 0 Å². The second-order valence-electron chi connectivity index (χ2n) is 4.13. The molecular weight excluding hydrogens is 246 g/mol. The van der Waals surface area contributed by atoms with Crippen molar-refractivity contribution in [1.29, 1.82) is 0 Å². The fourth-order valence-electron chi connectivity index (χ4n) is 2.33. The molecule has 1 aliphatic carbocycles. The van der Waals surface area contributed by atoms with Crippen molar-refractivity contribution in [2.24, 2.45) is 0 Å². The summed E-state index contributed by atoms with van der Waals surface area (Å²) >= 11 is 1.54. The number of nitrogens with two attached hydrogens (primary N) is 2. The minimum atomic E-state index is 0.507. The number of aromatic nitrogens is 3. The van der Waals surface area contributed by atoms with Crippen LogP contribution in [0.4, 0.5) is 11.6 Å². The molecule has 0 fully saturated rings. The first-order chi connectivity index (χ1) is 8.75. The van der Waals surface area contributed by atoms with Gasteiger partial charge in [0.25, 0.3) is 0 Å². The highest BCUT2D eigenvalue weighted by Crippen LogP contribution is 2.42. The molecule has 88 valence electrons. The van der Waals surface area contributed by atoms with Crippen LogP contribution in [0.25, 0.3) is 31.6 Å². The smallest absolute Gasteiger partial charge is 0.144 e. The van der Waals surface area contributed by atoms with E-state index >= 15 is 0 Å². The lowest BCUT2D eigenvalue weighted by Crippen LogP contribution is -1.93. The predicted octanol–water partition coefficient (Wildman–Crippen LogP) is 2.44. The summed E-state index contributed by atoms with van der Waals surface area (Å²) in [6.45, 7) is 0. The summed E-state index contributed by atoms with van der Waals surface area (Å²) in [5, 5.41) is 1.07. The van der Waals surface area contributed by atoms with Gasteiger partial charge in [-0.25, -0.2) is 9.97 Å². The van der Waals surface area contributed by atoms with Gasteiger partial charge in [-0.3, -0.25) is 0 Å². The van der Waals surface area contributed by atoms with Gasteiger partial charge in [0.05, 0.1) is 10.2 Å². The zero-order chi connectivity index (χ0) is 12.3. The van der Waals surface area contributed by atoms with Gasteiger partial charge in [-0.05, 0) is 5.56 Å². The van der Waals surface area contributed by atoms with Crippen LogP contribution in [0.3, 0.4) is 0 Å². The number of H-pyrrole nitrogens is 1. The van der Waals surface area contributed by atoms with Crippen LogP contribution in [-0.4, -0.2) is 15.0 Å². The molecule has 0 saturated carbocycles. The van der Waals surface area contributed by atoms with Gasteiger partial charge >= 0.3 is 0 Å². The standard InChI is InChI=1S/C12H9N5S/c13-10-6-3-1-2-5(6)7-8-9(18-12(7)17-10)11(14)16-4-15-8/h1-4,17H,13H2,(H2,14,15,16). The van der Waals surface area contributed by atoms with Crippen molar-refractivity contribution in [2.45, 2.75) is 0 Å². The van der Waals surface area contributed by atoms with Crippen molar-refractivity contribution < 1.29 is 0 Å². The first-order valence-electron chi connectivity index (χ1n) is 5.44. The zero-order valence-corrected chi connectivity index (χ0v) is 10.1. The number of anilines is 2. The Labute approximate surface area is 106 Å². The van der Waals surface area contributed by atoms with E-state index in [2.05, 4.69) is 15.0 Å². The summed E-state index contributed by atoms with van der Waals surface area (Å²) in [7, 11) is 0. The molecule has 0 spiro atoms. The summed E-state index contributed by atoms with van der Waals surface area (Å²) in [5.41, 5.74) is 14.9. The van der Waals surface area contributed by atoms with E-state index in [0.717, 1.165) is 31.6 Å². The van der Waals surface area contributed by atoms with Gasteiger partial charge in [0.1, 0.15) is 22.8 Å². The molecule has 0 amide bonds. The Morgan fingerprint density at radius 1 is 1.11 bits per heavy atom. The van der Waals surface area contributed by atoms with Crippen molar-refractivity contribution in [3.05, 3.63) is 24.5 Å². The Bertz CT molecular complexity index is 860. The Morgan fingerprint density at radius 3 is 2.83 bits per heavy atom. The van der Waals surface area contributed by atoms with Crippen molar-refractivity contribution in [2.75, 3.05) is 11.5 Å². The Hall–Kier alpha value is -2.34. The maximum Gasteiger partial charge on any atom is 0.144 e. The van der Waals surface area contributed by atoms with Gasteiger partial charge in [-0.2, -0.15) is 0 Å². The Kier molecular flexibility index (Phi) is 1.67. The van der Waals surface area contributed by atoms with E-state index in [4.69, 9.17) is 11.5 Å². The van der Waals surface area contributed by atoms with Crippen molar-refractivity contribution in [3.63, 3.8) is 0 Å². The second kappa shape index (κ2) is 3.11. The van der Waals surface area contributed by atoms with E-state index in [1.807, 2.05) is 18.2 Å². The van der Waals surface area contributed by atoms with Gasteiger partial charge in [0, 0.05) is 10.9 Å². The highest BCUT2D eigenvalue weighted by molar-refractivity contribution is 7.26. The fourth-order valence-corrected chi connectivity index (χ4v) is 3.41. The first kappa shape index (κ1) is 9.67. The molecule has 2 aromatic rings. The molecular formula is C12H9N5S.